The van der Waals surface area contributed by atoms with Crippen molar-refractivity contribution >= 4 is 17.3 Å². The smallest absolute Gasteiger partial charge is 0.170 e. The van der Waals surface area contributed by atoms with E-state index in [0.29, 0.717) is 11.7 Å². The van der Waals surface area contributed by atoms with Crippen molar-refractivity contribution in [2.75, 3.05) is 0 Å². The summed E-state index contributed by atoms with van der Waals surface area (Å²) in [6, 6.07) is 13.9. The fraction of sp³-hybridized carbons (Fsp3) is 0.176. The summed E-state index contributed by atoms with van der Waals surface area (Å²) in [7, 11) is 0. The average Bonchev–Trinajstić information content (AvgIpc) is 3.31. The lowest BCUT2D eigenvalue weighted by Gasteiger charge is -2.26. The van der Waals surface area contributed by atoms with Crippen LogP contribution in [-0.2, 0) is 6.54 Å². The van der Waals surface area contributed by atoms with Gasteiger partial charge < -0.3 is 19.6 Å². The van der Waals surface area contributed by atoms with E-state index in [1.54, 1.807) is 12.5 Å². The van der Waals surface area contributed by atoms with Gasteiger partial charge in [0.05, 0.1) is 30.6 Å². The zero-order valence-corrected chi connectivity index (χ0v) is 13.2. The van der Waals surface area contributed by atoms with E-state index in [2.05, 4.69) is 26.3 Å². The van der Waals surface area contributed by atoms with Gasteiger partial charge in [-0.15, -0.1) is 0 Å². The van der Waals surface area contributed by atoms with Crippen molar-refractivity contribution in [3.8, 4) is 0 Å². The fourth-order valence-corrected chi connectivity index (χ4v) is 3.32. The third kappa shape index (κ3) is 2.61. The molecule has 4 rings (SSSR count). The van der Waals surface area contributed by atoms with Crippen LogP contribution in [0.4, 0.5) is 0 Å². The summed E-state index contributed by atoms with van der Waals surface area (Å²) in [6.07, 6.45) is 5.42. The second-order valence-electron chi connectivity index (χ2n) is 5.46. The molecule has 3 aromatic rings. The normalized spacial score (nSPS) is 20.7. The maximum atomic E-state index is 5.57. The molecule has 3 aromatic heterocycles. The van der Waals surface area contributed by atoms with E-state index in [9.17, 15) is 0 Å². The minimum absolute atomic E-state index is 0.00249. The van der Waals surface area contributed by atoms with E-state index < -0.39 is 0 Å². The van der Waals surface area contributed by atoms with Crippen molar-refractivity contribution in [2.24, 2.45) is 0 Å². The quantitative estimate of drug-likeness (QED) is 0.722. The summed E-state index contributed by atoms with van der Waals surface area (Å²) in [6.45, 7) is 0.617. The van der Waals surface area contributed by atoms with Crippen LogP contribution in [0.15, 0.2) is 65.5 Å². The van der Waals surface area contributed by atoms with Gasteiger partial charge in [0.25, 0.3) is 0 Å². The summed E-state index contributed by atoms with van der Waals surface area (Å²) in [5.74, 6) is 0.882. The van der Waals surface area contributed by atoms with Crippen molar-refractivity contribution in [3.05, 3.63) is 78.3 Å². The van der Waals surface area contributed by atoms with Gasteiger partial charge in [0.1, 0.15) is 5.76 Å². The Bertz CT molecular complexity index is 770. The summed E-state index contributed by atoms with van der Waals surface area (Å²) in [5, 5.41) is 4.11. The minimum atomic E-state index is -0.00249. The molecule has 6 heteroatoms. The van der Waals surface area contributed by atoms with E-state index in [4.69, 9.17) is 16.6 Å². The van der Waals surface area contributed by atoms with Crippen molar-refractivity contribution in [1.82, 2.24) is 20.2 Å². The Morgan fingerprint density at radius 2 is 2.13 bits per heavy atom. The number of hydrogen-bond acceptors (Lipinski definition) is 3. The SMILES string of the molecule is S=C1N[C@@H](c2ccccn2)[C@H](c2ccc[nH]2)N1Cc1ccco1. The van der Waals surface area contributed by atoms with Crippen molar-refractivity contribution < 1.29 is 4.42 Å². The van der Waals surface area contributed by atoms with Crippen molar-refractivity contribution in [1.29, 1.82) is 0 Å². The lowest BCUT2D eigenvalue weighted by Crippen LogP contribution is -2.29. The number of nitrogens with zero attached hydrogens (tertiary/aromatic N) is 2. The summed E-state index contributed by atoms with van der Waals surface area (Å²) in [5.41, 5.74) is 2.07. The first-order chi connectivity index (χ1) is 11.3. The largest absolute Gasteiger partial charge is 0.467 e. The van der Waals surface area contributed by atoms with Crippen molar-refractivity contribution in [3.63, 3.8) is 0 Å². The monoisotopic (exact) mass is 324 g/mol. The molecule has 2 N–H and O–H groups in total. The number of H-pyrrole nitrogens is 1. The van der Waals surface area contributed by atoms with Crippen LogP contribution in [0.5, 0.6) is 0 Å². The second-order valence-corrected chi connectivity index (χ2v) is 5.85. The summed E-state index contributed by atoms with van der Waals surface area (Å²) < 4.78 is 5.50. The highest BCUT2D eigenvalue weighted by molar-refractivity contribution is 7.80. The van der Waals surface area contributed by atoms with Crippen LogP contribution in [0.2, 0.25) is 0 Å². The van der Waals surface area contributed by atoms with Gasteiger partial charge in [0.15, 0.2) is 5.11 Å². The molecule has 1 aliphatic rings. The van der Waals surface area contributed by atoms with Gasteiger partial charge in [-0.05, 0) is 48.6 Å². The molecule has 1 aliphatic heterocycles. The van der Waals surface area contributed by atoms with Gasteiger partial charge >= 0.3 is 0 Å². The van der Waals surface area contributed by atoms with Crippen LogP contribution >= 0.6 is 12.2 Å². The molecule has 0 saturated carbocycles. The Balaban J connectivity index is 1.71. The molecule has 0 amide bonds. The highest BCUT2D eigenvalue weighted by Gasteiger charge is 2.40. The molecule has 116 valence electrons. The number of rotatable bonds is 4. The number of thiocarbonyl (C=S) groups is 1. The fourth-order valence-electron chi connectivity index (χ4n) is 3.01. The van der Waals surface area contributed by atoms with E-state index >= 15 is 0 Å². The molecule has 2 atom stereocenters. The lowest BCUT2D eigenvalue weighted by atomic mass is 10.0. The van der Waals surface area contributed by atoms with E-state index in [0.717, 1.165) is 17.1 Å². The van der Waals surface area contributed by atoms with Gasteiger partial charge in [-0.3, -0.25) is 4.98 Å². The van der Waals surface area contributed by atoms with Crippen LogP contribution in [-0.4, -0.2) is 20.0 Å². The molecule has 0 unspecified atom stereocenters. The van der Waals surface area contributed by atoms with E-state index in [1.165, 1.54) is 0 Å². The maximum Gasteiger partial charge on any atom is 0.170 e. The third-order valence-corrected chi connectivity index (χ3v) is 4.40. The molecular weight excluding hydrogens is 308 g/mol. The van der Waals surface area contributed by atoms with Crippen molar-refractivity contribution in [2.45, 2.75) is 18.6 Å². The number of pyridine rings is 1. The van der Waals surface area contributed by atoms with Crippen LogP contribution in [0.25, 0.3) is 0 Å². The number of aromatic amines is 1. The third-order valence-electron chi connectivity index (χ3n) is 4.04. The molecule has 23 heavy (non-hydrogen) atoms. The maximum absolute atomic E-state index is 5.57. The predicted octanol–water partition coefficient (Wildman–Crippen LogP) is 3.18. The Hall–Kier alpha value is -2.60. The molecule has 1 saturated heterocycles. The number of nitrogens with one attached hydrogen (secondary N) is 2. The highest BCUT2D eigenvalue weighted by atomic mass is 32.1. The van der Waals surface area contributed by atoms with Crippen LogP contribution in [0, 0.1) is 0 Å². The first-order valence-electron chi connectivity index (χ1n) is 7.46. The second kappa shape index (κ2) is 5.89. The topological polar surface area (TPSA) is 57.1 Å². The molecule has 0 spiro atoms. The molecule has 0 aromatic carbocycles. The first-order valence-corrected chi connectivity index (χ1v) is 7.87. The first kappa shape index (κ1) is 14.0. The molecule has 0 radical (unpaired) electrons. The number of hydrogen-bond donors (Lipinski definition) is 2. The zero-order chi connectivity index (χ0) is 15.6. The van der Waals surface area contributed by atoms with Gasteiger partial charge in [0, 0.05) is 18.1 Å². The van der Waals surface area contributed by atoms with Crippen LogP contribution in [0.3, 0.4) is 0 Å². The van der Waals surface area contributed by atoms with Gasteiger partial charge in [0.2, 0.25) is 0 Å². The molecule has 0 bridgehead atoms. The number of furan rings is 1. The summed E-state index contributed by atoms with van der Waals surface area (Å²) >= 11 is 5.57. The predicted molar refractivity (Wildman–Crippen MR) is 90.5 cm³/mol. The van der Waals surface area contributed by atoms with E-state index in [-0.39, 0.29) is 12.1 Å². The number of aromatic nitrogens is 2. The molecule has 0 aliphatic carbocycles. The Morgan fingerprint density at radius 3 is 2.83 bits per heavy atom. The highest BCUT2D eigenvalue weighted by Crippen LogP contribution is 2.38. The molecule has 4 heterocycles. The molecule has 1 fully saturated rings. The lowest BCUT2D eigenvalue weighted by molar-refractivity contribution is 0.283. The molecule has 5 nitrogen and oxygen atoms in total. The van der Waals surface area contributed by atoms with Gasteiger partial charge in [-0.1, -0.05) is 6.07 Å². The zero-order valence-electron chi connectivity index (χ0n) is 12.3. The summed E-state index contributed by atoms with van der Waals surface area (Å²) in [4.78, 5) is 9.95. The minimum Gasteiger partial charge on any atom is -0.467 e. The molecular formula is C17H16N4OS. The van der Waals surface area contributed by atoms with E-state index in [1.807, 2.05) is 42.6 Å². The standard InChI is InChI=1S/C17H16N4OS/c23-17-20-15(13-6-1-2-8-18-13)16(14-7-3-9-19-14)21(17)11-12-5-4-10-22-12/h1-10,15-16,19H,11H2,(H,20,23)/t15-,16-/m0/s1. The van der Waals surface area contributed by atoms with Crippen LogP contribution in [0.1, 0.15) is 29.2 Å². The van der Waals surface area contributed by atoms with Gasteiger partial charge in [-0.25, -0.2) is 0 Å². The van der Waals surface area contributed by atoms with Crippen LogP contribution < -0.4 is 5.32 Å². The Kier molecular flexibility index (Phi) is 3.59. The Labute approximate surface area is 139 Å². The van der Waals surface area contributed by atoms with Gasteiger partial charge in [-0.2, -0.15) is 0 Å². The average molecular weight is 324 g/mol. The Morgan fingerprint density at radius 1 is 1.17 bits per heavy atom.